The minimum Gasteiger partial charge on any atom is -0.461 e. The fourth-order valence-corrected chi connectivity index (χ4v) is 8.22. The molecule has 7 rings (SSSR count). The van der Waals surface area contributed by atoms with Crippen LogP contribution in [0.4, 0.5) is 19.0 Å². The van der Waals surface area contributed by atoms with Crippen molar-refractivity contribution in [3.8, 4) is 29.6 Å². The zero-order valence-electron chi connectivity index (χ0n) is 27.4. The third-order valence-corrected chi connectivity index (χ3v) is 10.5. The van der Waals surface area contributed by atoms with Crippen LogP contribution >= 0.6 is 0 Å². The number of carbonyl (C=O) groups is 1. The summed E-state index contributed by atoms with van der Waals surface area (Å²) in [6.45, 7) is 6.83. The van der Waals surface area contributed by atoms with E-state index >= 15 is 4.39 Å². The van der Waals surface area contributed by atoms with Crippen LogP contribution in [0.2, 0.25) is 0 Å². The van der Waals surface area contributed by atoms with Crippen molar-refractivity contribution in [2.24, 2.45) is 0 Å². The Hall–Kier alpha value is -4.73. The monoisotopic (exact) mass is 670 g/mol. The number of halogens is 3. The van der Waals surface area contributed by atoms with E-state index in [-0.39, 0.29) is 46.5 Å². The van der Waals surface area contributed by atoms with Crippen LogP contribution in [0.1, 0.15) is 38.2 Å². The fourth-order valence-electron chi connectivity index (χ4n) is 8.22. The van der Waals surface area contributed by atoms with Gasteiger partial charge in [0.25, 0.3) is 0 Å². The maximum Gasteiger partial charge on any atom is 0.319 e. The minimum atomic E-state index is -0.964. The number of likely N-dealkylation sites (N-methyl/N-ethyl adjacent to an activating group) is 1. The lowest BCUT2D eigenvalue weighted by atomic mass is 9.95. The molecule has 4 aromatic rings. The number of nitrogens with zero attached hydrogens (tertiary/aromatic N) is 6. The molecule has 0 saturated carbocycles. The lowest BCUT2D eigenvalue weighted by Gasteiger charge is -2.35. The molecule has 0 aliphatic carbocycles. The highest BCUT2D eigenvalue weighted by Gasteiger charge is 2.49. The average molecular weight is 671 g/mol. The summed E-state index contributed by atoms with van der Waals surface area (Å²) >= 11 is 0. The van der Waals surface area contributed by atoms with Gasteiger partial charge in [-0.3, -0.25) is 14.7 Å². The molecule has 3 aliphatic rings. The molecule has 254 valence electrons. The van der Waals surface area contributed by atoms with Crippen LogP contribution in [0.15, 0.2) is 49.2 Å². The molecule has 12 heteroatoms. The molecule has 3 saturated heterocycles. The van der Waals surface area contributed by atoms with Gasteiger partial charge in [0.1, 0.15) is 35.6 Å². The quantitative estimate of drug-likeness (QED) is 0.206. The van der Waals surface area contributed by atoms with Crippen LogP contribution < -0.4 is 9.64 Å². The Bertz CT molecular complexity index is 2020. The second-order valence-electron chi connectivity index (χ2n) is 13.3. The summed E-state index contributed by atoms with van der Waals surface area (Å²) in [4.78, 5) is 32.0. The van der Waals surface area contributed by atoms with E-state index < -0.39 is 41.5 Å². The normalized spacial score (nSPS) is 24.3. The van der Waals surface area contributed by atoms with Gasteiger partial charge in [-0.1, -0.05) is 36.8 Å². The highest BCUT2D eigenvalue weighted by atomic mass is 19.1. The number of carbonyl (C=O) groups excluding carboxylic acids is 1. The Balaban J connectivity index is 1.37. The molecule has 0 spiro atoms. The maximum absolute atomic E-state index is 16.9. The topological polar surface area (TPSA) is 94.9 Å². The van der Waals surface area contributed by atoms with Crippen LogP contribution in [0.25, 0.3) is 32.9 Å². The first-order valence-electron chi connectivity index (χ1n) is 16.5. The van der Waals surface area contributed by atoms with Crippen LogP contribution in [0.3, 0.4) is 0 Å². The number of hydrogen-bond donors (Lipinski definition) is 1. The molecule has 3 fully saturated rings. The van der Waals surface area contributed by atoms with Crippen LogP contribution in [0.5, 0.6) is 6.01 Å². The van der Waals surface area contributed by atoms with Gasteiger partial charge in [-0.2, -0.15) is 9.97 Å². The number of aromatic nitrogens is 3. The van der Waals surface area contributed by atoms with Gasteiger partial charge in [0, 0.05) is 43.7 Å². The SMILES string of the molecule is C#Cc1c(F)ccc2cccc(-c3ncc4c(N(C)[C@@H]5CCN(C(=O)C=C)[C@@H]5[C@@H](C)O)nc(OC[C@@]56CCCN5C[C@H](F)C6)nc4c3F)c12. The summed E-state index contributed by atoms with van der Waals surface area (Å²) in [5.41, 5.74) is -0.383. The van der Waals surface area contributed by atoms with Crippen LogP contribution in [-0.4, -0.2) is 99.0 Å². The van der Waals surface area contributed by atoms with Crippen LogP contribution in [-0.2, 0) is 4.79 Å². The second kappa shape index (κ2) is 12.6. The number of aliphatic hydroxyl groups excluding tert-OH is 1. The predicted molar refractivity (Wildman–Crippen MR) is 181 cm³/mol. The maximum atomic E-state index is 16.9. The molecule has 0 unspecified atom stereocenters. The van der Waals surface area contributed by atoms with Crippen molar-refractivity contribution < 1.29 is 27.8 Å². The fraction of sp³-hybridized carbons (Fsp3) is 0.405. The number of amides is 1. The van der Waals surface area contributed by atoms with Crippen molar-refractivity contribution in [2.75, 3.05) is 38.2 Å². The van der Waals surface area contributed by atoms with E-state index in [1.165, 1.54) is 18.3 Å². The first-order valence-corrected chi connectivity index (χ1v) is 16.5. The Morgan fingerprint density at radius 2 is 2.10 bits per heavy atom. The summed E-state index contributed by atoms with van der Waals surface area (Å²) in [5.74, 6) is 0.979. The predicted octanol–water partition coefficient (Wildman–Crippen LogP) is 5.03. The number of benzene rings is 2. The standard InChI is InChI=1S/C37H37F3N6O3/c1-5-24-27(39)12-11-22-9-7-10-25(30(22)24)32-31(40)33-26(18-41-32)35(44(4)28-13-16-46(29(48)6-2)34(28)21(3)47)43-36(42-33)49-20-37-14-8-15-45(37)19-23(38)17-37/h1,6-7,9-12,18,21,23,28,34,47H,2,8,13-17,19-20H2,3-4H3/t21-,23-,28-,34-,37+/m1/s1. The van der Waals surface area contributed by atoms with Gasteiger partial charge in [0.15, 0.2) is 5.82 Å². The molecular formula is C37H37F3N6O3. The number of likely N-dealkylation sites (tertiary alicyclic amines) is 1. The highest BCUT2D eigenvalue weighted by Crippen LogP contribution is 2.41. The molecule has 5 heterocycles. The van der Waals surface area contributed by atoms with Gasteiger partial charge < -0.3 is 19.6 Å². The lowest BCUT2D eigenvalue weighted by molar-refractivity contribution is -0.128. The summed E-state index contributed by atoms with van der Waals surface area (Å²) < 4.78 is 52.5. The van der Waals surface area contributed by atoms with E-state index in [2.05, 4.69) is 27.4 Å². The first-order chi connectivity index (χ1) is 23.6. The third-order valence-electron chi connectivity index (χ3n) is 10.5. The molecule has 49 heavy (non-hydrogen) atoms. The molecule has 0 radical (unpaired) electrons. The van der Waals surface area contributed by atoms with Gasteiger partial charge >= 0.3 is 6.01 Å². The Kier molecular flexibility index (Phi) is 8.45. The van der Waals surface area contributed by atoms with E-state index in [1.54, 1.807) is 48.0 Å². The number of ether oxygens (including phenoxy) is 1. The molecule has 1 N–H and O–H groups in total. The largest absolute Gasteiger partial charge is 0.461 e. The molecule has 0 bridgehead atoms. The number of rotatable bonds is 8. The molecule has 1 amide bonds. The van der Waals surface area contributed by atoms with Crippen molar-refractivity contribution >= 4 is 33.4 Å². The smallest absolute Gasteiger partial charge is 0.319 e. The number of aliphatic hydroxyl groups is 1. The Morgan fingerprint density at radius 1 is 1.29 bits per heavy atom. The van der Waals surface area contributed by atoms with Crippen molar-refractivity contribution in [3.05, 3.63) is 66.4 Å². The van der Waals surface area contributed by atoms with E-state index in [0.717, 1.165) is 19.4 Å². The van der Waals surface area contributed by atoms with E-state index in [9.17, 15) is 18.7 Å². The zero-order valence-corrected chi connectivity index (χ0v) is 27.4. The number of hydrogen-bond acceptors (Lipinski definition) is 8. The average Bonchev–Trinajstić information content (AvgIpc) is 3.79. The summed E-state index contributed by atoms with van der Waals surface area (Å²) in [5, 5.41) is 12.0. The van der Waals surface area contributed by atoms with Gasteiger partial charge in [0.05, 0.1) is 34.7 Å². The molecular weight excluding hydrogens is 633 g/mol. The van der Waals surface area contributed by atoms with Gasteiger partial charge in [-0.25, -0.2) is 13.2 Å². The van der Waals surface area contributed by atoms with Crippen molar-refractivity contribution in [2.45, 2.75) is 62.5 Å². The van der Waals surface area contributed by atoms with E-state index in [1.807, 2.05) is 0 Å². The number of anilines is 1. The Morgan fingerprint density at radius 3 is 2.86 bits per heavy atom. The molecule has 9 nitrogen and oxygen atoms in total. The van der Waals surface area contributed by atoms with E-state index in [0.29, 0.717) is 42.3 Å². The second-order valence-corrected chi connectivity index (χ2v) is 13.3. The lowest BCUT2D eigenvalue weighted by Crippen LogP contribution is -2.51. The minimum absolute atomic E-state index is 0.00587. The number of fused-ring (bicyclic) bond motifs is 3. The van der Waals surface area contributed by atoms with Crippen LogP contribution in [0, 0.1) is 24.0 Å². The van der Waals surface area contributed by atoms with Gasteiger partial charge in [0.2, 0.25) is 5.91 Å². The molecule has 2 aromatic carbocycles. The summed E-state index contributed by atoms with van der Waals surface area (Å²) in [6, 6.07) is 6.83. The molecule has 2 aromatic heterocycles. The van der Waals surface area contributed by atoms with Crippen molar-refractivity contribution in [1.82, 2.24) is 24.8 Å². The van der Waals surface area contributed by atoms with E-state index in [4.69, 9.17) is 16.1 Å². The number of terminal acetylenes is 1. The first kappa shape index (κ1) is 32.8. The number of pyridine rings is 1. The zero-order chi connectivity index (χ0) is 34.6. The highest BCUT2D eigenvalue weighted by molar-refractivity contribution is 6.02. The Labute approximate surface area is 282 Å². The molecule has 5 atom stereocenters. The third kappa shape index (κ3) is 5.45. The molecule has 3 aliphatic heterocycles. The summed E-state index contributed by atoms with van der Waals surface area (Å²) in [6.07, 6.45) is 9.01. The van der Waals surface area contributed by atoms with Crippen molar-refractivity contribution in [1.29, 1.82) is 0 Å². The van der Waals surface area contributed by atoms with Crippen molar-refractivity contribution in [3.63, 3.8) is 0 Å². The summed E-state index contributed by atoms with van der Waals surface area (Å²) in [7, 11) is 1.76. The van der Waals surface area contributed by atoms with Gasteiger partial charge in [-0.15, -0.1) is 6.42 Å². The van der Waals surface area contributed by atoms with Gasteiger partial charge in [-0.05, 0) is 50.3 Å². The number of alkyl halides is 1.